The molecule has 0 spiro atoms. The molecule has 7 heteroatoms. The Labute approximate surface area is 112 Å². The van der Waals surface area contributed by atoms with Gasteiger partial charge in [0.05, 0.1) is 11.5 Å². The highest BCUT2D eigenvalue weighted by Crippen LogP contribution is 2.30. The molecule has 0 aliphatic rings. The standard InChI is InChI=1S/C12H20N4O3/c1-4-5-6-19-12-10(16(17)18)11(14-8-15-12)13-7-9(2)3/h8-9H,4-7H2,1-3H3,(H,13,14,15). The number of anilines is 1. The summed E-state index contributed by atoms with van der Waals surface area (Å²) in [5.41, 5.74) is -0.195. The average Bonchev–Trinajstić information content (AvgIpc) is 2.36. The van der Waals surface area contributed by atoms with Gasteiger partial charge in [-0.3, -0.25) is 10.1 Å². The smallest absolute Gasteiger partial charge is 0.372 e. The molecule has 0 aliphatic heterocycles. The quantitative estimate of drug-likeness (QED) is 0.443. The molecule has 1 aromatic heterocycles. The van der Waals surface area contributed by atoms with Crippen LogP contribution in [0.1, 0.15) is 33.6 Å². The predicted octanol–water partition coefficient (Wildman–Crippen LogP) is 2.63. The minimum absolute atomic E-state index is 0.0275. The molecule has 0 aliphatic carbocycles. The fraction of sp³-hybridized carbons (Fsp3) is 0.667. The molecule has 1 aromatic rings. The molecule has 1 heterocycles. The molecule has 0 saturated heterocycles. The van der Waals surface area contributed by atoms with E-state index in [9.17, 15) is 10.1 Å². The molecule has 7 nitrogen and oxygen atoms in total. The lowest BCUT2D eigenvalue weighted by Gasteiger charge is -2.10. The number of aromatic nitrogens is 2. The van der Waals surface area contributed by atoms with Crippen LogP contribution < -0.4 is 10.1 Å². The third kappa shape index (κ3) is 4.69. The average molecular weight is 268 g/mol. The van der Waals surface area contributed by atoms with E-state index in [4.69, 9.17) is 4.74 Å². The number of nitrogens with zero attached hydrogens (tertiary/aromatic N) is 3. The van der Waals surface area contributed by atoms with Gasteiger partial charge < -0.3 is 10.1 Å². The second-order valence-corrected chi connectivity index (χ2v) is 4.61. The number of hydrogen-bond donors (Lipinski definition) is 1. The van der Waals surface area contributed by atoms with Gasteiger partial charge >= 0.3 is 5.69 Å². The highest BCUT2D eigenvalue weighted by atomic mass is 16.6. The second kappa shape index (κ2) is 7.50. The Morgan fingerprint density at radius 2 is 2.21 bits per heavy atom. The van der Waals surface area contributed by atoms with Gasteiger partial charge in [0, 0.05) is 6.54 Å². The van der Waals surface area contributed by atoms with E-state index in [1.54, 1.807) is 0 Å². The van der Waals surface area contributed by atoms with Crippen molar-refractivity contribution in [3.63, 3.8) is 0 Å². The molecule has 19 heavy (non-hydrogen) atoms. The monoisotopic (exact) mass is 268 g/mol. The van der Waals surface area contributed by atoms with Gasteiger partial charge in [-0.1, -0.05) is 27.2 Å². The number of nitro groups is 1. The summed E-state index contributed by atoms with van der Waals surface area (Å²) < 4.78 is 5.35. The summed E-state index contributed by atoms with van der Waals surface area (Å²) in [5.74, 6) is 0.596. The van der Waals surface area contributed by atoms with Crippen LogP contribution in [0, 0.1) is 16.0 Å². The number of ether oxygens (including phenoxy) is 1. The predicted molar refractivity (Wildman–Crippen MR) is 72.4 cm³/mol. The van der Waals surface area contributed by atoms with E-state index < -0.39 is 4.92 Å². The maximum Gasteiger partial charge on any atom is 0.372 e. The van der Waals surface area contributed by atoms with Crippen LogP contribution in [0.5, 0.6) is 5.88 Å². The van der Waals surface area contributed by atoms with Crippen LogP contribution in [0.4, 0.5) is 11.5 Å². The van der Waals surface area contributed by atoms with Crippen LogP contribution in [-0.4, -0.2) is 28.0 Å². The first-order valence-corrected chi connectivity index (χ1v) is 6.42. The van der Waals surface area contributed by atoms with Crippen LogP contribution >= 0.6 is 0 Å². The molecule has 0 radical (unpaired) electrons. The maximum atomic E-state index is 11.1. The minimum Gasteiger partial charge on any atom is -0.473 e. The van der Waals surface area contributed by atoms with E-state index in [2.05, 4.69) is 15.3 Å². The molecule has 1 rings (SSSR count). The Hall–Kier alpha value is -1.92. The zero-order valence-corrected chi connectivity index (χ0v) is 11.5. The van der Waals surface area contributed by atoms with Crippen molar-refractivity contribution in [3.05, 3.63) is 16.4 Å². The maximum absolute atomic E-state index is 11.1. The summed E-state index contributed by atoms with van der Waals surface area (Å²) in [5, 5.41) is 14.1. The van der Waals surface area contributed by atoms with E-state index in [1.165, 1.54) is 6.33 Å². The van der Waals surface area contributed by atoms with Crippen molar-refractivity contribution in [1.29, 1.82) is 0 Å². The van der Waals surface area contributed by atoms with Crippen molar-refractivity contribution in [2.24, 2.45) is 5.92 Å². The summed E-state index contributed by atoms with van der Waals surface area (Å²) in [4.78, 5) is 18.4. The lowest BCUT2D eigenvalue weighted by atomic mass is 10.2. The summed E-state index contributed by atoms with van der Waals surface area (Å²) in [7, 11) is 0. The van der Waals surface area contributed by atoms with Crippen LogP contribution in [0.15, 0.2) is 6.33 Å². The summed E-state index contributed by atoms with van der Waals surface area (Å²) in [6.07, 6.45) is 3.06. The minimum atomic E-state index is -0.510. The normalized spacial score (nSPS) is 10.5. The largest absolute Gasteiger partial charge is 0.473 e. The molecule has 0 bridgehead atoms. The Morgan fingerprint density at radius 1 is 1.47 bits per heavy atom. The zero-order chi connectivity index (χ0) is 14.3. The summed E-state index contributed by atoms with van der Waals surface area (Å²) in [6.45, 7) is 7.06. The fourth-order valence-electron chi connectivity index (χ4n) is 1.38. The molecule has 0 fully saturated rings. The molecule has 0 unspecified atom stereocenters. The van der Waals surface area contributed by atoms with Crippen molar-refractivity contribution >= 4 is 11.5 Å². The number of rotatable bonds is 8. The molecule has 0 atom stereocenters. The topological polar surface area (TPSA) is 90.2 Å². The number of nitrogens with one attached hydrogen (secondary N) is 1. The van der Waals surface area contributed by atoms with Gasteiger partial charge in [0.15, 0.2) is 0 Å². The van der Waals surface area contributed by atoms with E-state index >= 15 is 0 Å². The van der Waals surface area contributed by atoms with E-state index in [1.807, 2.05) is 20.8 Å². The Balaban J connectivity index is 2.90. The van der Waals surface area contributed by atoms with Crippen molar-refractivity contribution in [2.45, 2.75) is 33.6 Å². The van der Waals surface area contributed by atoms with Gasteiger partial charge in [0.1, 0.15) is 6.33 Å². The Bertz CT molecular complexity index is 423. The molecule has 0 amide bonds. The van der Waals surface area contributed by atoms with Crippen molar-refractivity contribution < 1.29 is 9.66 Å². The second-order valence-electron chi connectivity index (χ2n) is 4.61. The van der Waals surface area contributed by atoms with E-state index in [0.717, 1.165) is 12.8 Å². The van der Waals surface area contributed by atoms with Gasteiger partial charge in [-0.25, -0.2) is 4.98 Å². The third-order valence-corrected chi connectivity index (χ3v) is 2.39. The van der Waals surface area contributed by atoms with Gasteiger partial charge in [-0.2, -0.15) is 4.98 Å². The molecular weight excluding hydrogens is 248 g/mol. The first-order chi connectivity index (χ1) is 9.06. The number of hydrogen-bond acceptors (Lipinski definition) is 6. The van der Waals surface area contributed by atoms with E-state index in [0.29, 0.717) is 19.1 Å². The van der Waals surface area contributed by atoms with Crippen molar-refractivity contribution in [1.82, 2.24) is 9.97 Å². The van der Waals surface area contributed by atoms with Crippen LogP contribution in [-0.2, 0) is 0 Å². The zero-order valence-electron chi connectivity index (χ0n) is 11.5. The fourth-order valence-corrected chi connectivity index (χ4v) is 1.38. The summed E-state index contributed by atoms with van der Waals surface area (Å²) >= 11 is 0. The van der Waals surface area contributed by atoms with Gasteiger partial charge in [0.25, 0.3) is 5.88 Å². The highest BCUT2D eigenvalue weighted by Gasteiger charge is 2.24. The molecule has 0 saturated carbocycles. The van der Waals surface area contributed by atoms with Crippen molar-refractivity contribution in [3.8, 4) is 5.88 Å². The van der Waals surface area contributed by atoms with Crippen LogP contribution in [0.25, 0.3) is 0 Å². The molecular formula is C12H20N4O3. The van der Waals surface area contributed by atoms with Gasteiger partial charge in [0.2, 0.25) is 5.82 Å². The van der Waals surface area contributed by atoms with E-state index in [-0.39, 0.29) is 17.4 Å². The number of unbranched alkanes of at least 4 members (excludes halogenated alkanes) is 1. The molecule has 106 valence electrons. The highest BCUT2D eigenvalue weighted by molar-refractivity contribution is 5.61. The van der Waals surface area contributed by atoms with Crippen LogP contribution in [0.2, 0.25) is 0 Å². The third-order valence-electron chi connectivity index (χ3n) is 2.39. The van der Waals surface area contributed by atoms with Gasteiger partial charge in [-0.05, 0) is 12.3 Å². The molecule has 1 N–H and O–H groups in total. The Kier molecular flexibility index (Phi) is 5.98. The molecule has 0 aromatic carbocycles. The first kappa shape index (κ1) is 15.1. The lowest BCUT2D eigenvalue weighted by molar-refractivity contribution is -0.385. The van der Waals surface area contributed by atoms with Crippen molar-refractivity contribution in [2.75, 3.05) is 18.5 Å². The Morgan fingerprint density at radius 3 is 2.79 bits per heavy atom. The SMILES string of the molecule is CCCCOc1ncnc(NCC(C)C)c1[N+](=O)[O-]. The first-order valence-electron chi connectivity index (χ1n) is 6.42. The lowest BCUT2D eigenvalue weighted by Crippen LogP contribution is -2.12. The van der Waals surface area contributed by atoms with Gasteiger partial charge in [-0.15, -0.1) is 0 Å². The summed E-state index contributed by atoms with van der Waals surface area (Å²) in [6, 6.07) is 0. The van der Waals surface area contributed by atoms with Crippen LogP contribution in [0.3, 0.4) is 0 Å².